The van der Waals surface area contributed by atoms with E-state index in [1.807, 2.05) is 25.1 Å². The average molecular weight is 258 g/mol. The summed E-state index contributed by atoms with van der Waals surface area (Å²) in [6, 6.07) is 7.24. The van der Waals surface area contributed by atoms with Gasteiger partial charge in [0, 0.05) is 11.1 Å². The van der Waals surface area contributed by atoms with Crippen molar-refractivity contribution in [1.29, 1.82) is 0 Å². The van der Waals surface area contributed by atoms with Crippen molar-refractivity contribution in [3.05, 3.63) is 35.5 Å². The van der Waals surface area contributed by atoms with E-state index in [1.54, 1.807) is 6.07 Å². The number of rotatable bonds is 4. The summed E-state index contributed by atoms with van der Waals surface area (Å²) in [4.78, 5) is 15.9. The van der Waals surface area contributed by atoms with Crippen LogP contribution >= 0.6 is 0 Å². The molecule has 0 bridgehead atoms. The molecule has 0 spiro atoms. The Morgan fingerprint density at radius 2 is 2.11 bits per heavy atom. The van der Waals surface area contributed by atoms with Crippen molar-refractivity contribution in [3.8, 4) is 5.75 Å². The Bertz CT molecular complexity index is 621. The molecule has 0 aliphatic heterocycles. The van der Waals surface area contributed by atoms with Crippen LogP contribution in [0.25, 0.3) is 10.9 Å². The van der Waals surface area contributed by atoms with E-state index in [1.165, 1.54) is 0 Å². The standard InChI is InChI=1S/C15H18N2O2/c1-9(2)8-19-11-4-5-14-12(7-11)13(15(16)18)6-10(3)17-14/h4-7,9H,8H2,1-3H3,(H2,16,18). The molecule has 2 aromatic rings. The molecule has 1 aromatic carbocycles. The van der Waals surface area contributed by atoms with Gasteiger partial charge >= 0.3 is 0 Å². The molecule has 0 aliphatic carbocycles. The number of nitrogens with two attached hydrogens (primary N) is 1. The zero-order valence-electron chi connectivity index (χ0n) is 11.4. The number of aryl methyl sites for hydroxylation is 1. The van der Waals surface area contributed by atoms with Gasteiger partial charge in [0.25, 0.3) is 0 Å². The van der Waals surface area contributed by atoms with Gasteiger partial charge in [0.2, 0.25) is 5.91 Å². The van der Waals surface area contributed by atoms with Crippen molar-refractivity contribution in [2.75, 3.05) is 6.61 Å². The van der Waals surface area contributed by atoms with Crippen LogP contribution in [0, 0.1) is 12.8 Å². The largest absolute Gasteiger partial charge is 0.493 e. The van der Waals surface area contributed by atoms with E-state index in [0.717, 1.165) is 22.3 Å². The first-order chi connectivity index (χ1) is 8.97. The summed E-state index contributed by atoms with van der Waals surface area (Å²) in [5.74, 6) is 0.730. The Hall–Kier alpha value is -2.10. The van der Waals surface area contributed by atoms with Crippen LogP contribution < -0.4 is 10.5 Å². The molecule has 1 heterocycles. The minimum atomic E-state index is -0.448. The summed E-state index contributed by atoms with van der Waals surface area (Å²) >= 11 is 0. The Kier molecular flexibility index (Phi) is 3.69. The van der Waals surface area contributed by atoms with Crippen LogP contribution in [0.4, 0.5) is 0 Å². The van der Waals surface area contributed by atoms with Gasteiger partial charge in [-0.25, -0.2) is 0 Å². The zero-order valence-corrected chi connectivity index (χ0v) is 11.4. The second kappa shape index (κ2) is 5.26. The highest BCUT2D eigenvalue weighted by atomic mass is 16.5. The van der Waals surface area contributed by atoms with Crippen LogP contribution in [-0.4, -0.2) is 17.5 Å². The lowest BCUT2D eigenvalue weighted by Gasteiger charge is -2.10. The number of aromatic nitrogens is 1. The van der Waals surface area contributed by atoms with Crippen LogP contribution in [0.3, 0.4) is 0 Å². The van der Waals surface area contributed by atoms with Crippen molar-refractivity contribution in [2.24, 2.45) is 11.7 Å². The summed E-state index contributed by atoms with van der Waals surface area (Å²) in [6.45, 7) is 6.65. The topological polar surface area (TPSA) is 65.2 Å². The van der Waals surface area contributed by atoms with Crippen LogP contribution in [0.1, 0.15) is 29.9 Å². The fraction of sp³-hybridized carbons (Fsp3) is 0.333. The molecule has 0 saturated heterocycles. The Morgan fingerprint density at radius 3 is 2.74 bits per heavy atom. The molecule has 19 heavy (non-hydrogen) atoms. The van der Waals surface area contributed by atoms with Gasteiger partial charge in [-0.15, -0.1) is 0 Å². The van der Waals surface area contributed by atoms with E-state index in [-0.39, 0.29) is 0 Å². The number of nitrogens with zero attached hydrogens (tertiary/aromatic N) is 1. The lowest BCUT2D eigenvalue weighted by Crippen LogP contribution is -2.12. The van der Waals surface area contributed by atoms with E-state index < -0.39 is 5.91 Å². The predicted molar refractivity (Wildman–Crippen MR) is 75.3 cm³/mol. The number of pyridine rings is 1. The fourth-order valence-electron chi connectivity index (χ4n) is 1.89. The van der Waals surface area contributed by atoms with Crippen molar-refractivity contribution in [2.45, 2.75) is 20.8 Å². The molecular weight excluding hydrogens is 240 g/mol. The minimum absolute atomic E-state index is 0.447. The highest BCUT2D eigenvalue weighted by Crippen LogP contribution is 2.24. The Morgan fingerprint density at radius 1 is 1.37 bits per heavy atom. The maximum Gasteiger partial charge on any atom is 0.249 e. The van der Waals surface area contributed by atoms with Gasteiger partial charge in [-0.1, -0.05) is 13.8 Å². The number of hydrogen-bond acceptors (Lipinski definition) is 3. The molecule has 0 unspecified atom stereocenters. The number of benzene rings is 1. The first-order valence-electron chi connectivity index (χ1n) is 6.31. The summed E-state index contributed by atoms with van der Waals surface area (Å²) in [6.07, 6.45) is 0. The lowest BCUT2D eigenvalue weighted by atomic mass is 10.1. The number of amides is 1. The molecule has 100 valence electrons. The number of hydrogen-bond donors (Lipinski definition) is 1. The van der Waals surface area contributed by atoms with Crippen molar-refractivity contribution in [1.82, 2.24) is 4.98 Å². The smallest absolute Gasteiger partial charge is 0.249 e. The number of ether oxygens (including phenoxy) is 1. The maximum atomic E-state index is 11.5. The third-order valence-electron chi connectivity index (χ3n) is 2.76. The van der Waals surface area contributed by atoms with E-state index in [0.29, 0.717) is 18.1 Å². The van der Waals surface area contributed by atoms with Crippen molar-refractivity contribution in [3.63, 3.8) is 0 Å². The molecule has 0 radical (unpaired) electrons. The summed E-state index contributed by atoms with van der Waals surface area (Å²) < 4.78 is 5.66. The van der Waals surface area contributed by atoms with E-state index in [4.69, 9.17) is 10.5 Å². The SMILES string of the molecule is Cc1cc(C(N)=O)c2cc(OCC(C)C)ccc2n1. The van der Waals surface area contributed by atoms with E-state index in [2.05, 4.69) is 18.8 Å². The lowest BCUT2D eigenvalue weighted by molar-refractivity contribution is 0.100. The molecule has 1 aromatic heterocycles. The first-order valence-corrected chi connectivity index (χ1v) is 6.31. The highest BCUT2D eigenvalue weighted by molar-refractivity contribution is 6.05. The molecule has 0 atom stereocenters. The van der Waals surface area contributed by atoms with Gasteiger partial charge in [0.15, 0.2) is 0 Å². The quantitative estimate of drug-likeness (QED) is 0.916. The normalized spacial score (nSPS) is 10.9. The second-order valence-corrected chi connectivity index (χ2v) is 5.06. The monoisotopic (exact) mass is 258 g/mol. The Balaban J connectivity index is 2.48. The summed E-state index contributed by atoms with van der Waals surface area (Å²) in [7, 11) is 0. The second-order valence-electron chi connectivity index (χ2n) is 5.06. The summed E-state index contributed by atoms with van der Waals surface area (Å²) in [5, 5.41) is 0.736. The van der Waals surface area contributed by atoms with Crippen molar-refractivity contribution >= 4 is 16.8 Å². The molecule has 2 N–H and O–H groups in total. The number of carbonyl (C=O) groups is 1. The molecule has 2 rings (SSSR count). The molecule has 0 saturated carbocycles. The van der Waals surface area contributed by atoms with Crippen molar-refractivity contribution < 1.29 is 9.53 Å². The minimum Gasteiger partial charge on any atom is -0.493 e. The molecule has 4 nitrogen and oxygen atoms in total. The highest BCUT2D eigenvalue weighted by Gasteiger charge is 2.10. The van der Waals surface area contributed by atoms with E-state index in [9.17, 15) is 4.79 Å². The Labute approximate surface area is 112 Å². The van der Waals surface area contributed by atoms with Gasteiger partial charge in [-0.05, 0) is 37.1 Å². The first kappa shape index (κ1) is 13.3. The van der Waals surface area contributed by atoms with Gasteiger partial charge in [0.05, 0.1) is 17.7 Å². The van der Waals surface area contributed by atoms with Crippen LogP contribution in [0.2, 0.25) is 0 Å². The third-order valence-corrected chi connectivity index (χ3v) is 2.76. The van der Waals surface area contributed by atoms with Crippen LogP contribution in [0.5, 0.6) is 5.75 Å². The number of primary amides is 1. The number of carbonyl (C=O) groups excluding carboxylic acids is 1. The van der Waals surface area contributed by atoms with E-state index >= 15 is 0 Å². The van der Waals surface area contributed by atoms with Gasteiger partial charge in [0.1, 0.15) is 5.75 Å². The molecule has 1 amide bonds. The maximum absolute atomic E-state index is 11.5. The average Bonchev–Trinajstić information content (AvgIpc) is 2.35. The fourth-order valence-corrected chi connectivity index (χ4v) is 1.89. The molecule has 0 aliphatic rings. The van der Waals surface area contributed by atoms with Gasteiger partial charge < -0.3 is 10.5 Å². The molecule has 4 heteroatoms. The molecule has 0 fully saturated rings. The number of fused-ring (bicyclic) bond motifs is 1. The van der Waals surface area contributed by atoms with Gasteiger partial charge in [-0.3, -0.25) is 9.78 Å². The predicted octanol–water partition coefficient (Wildman–Crippen LogP) is 2.68. The third kappa shape index (κ3) is 3.02. The van der Waals surface area contributed by atoms with Crippen LogP contribution in [-0.2, 0) is 0 Å². The van der Waals surface area contributed by atoms with Gasteiger partial charge in [-0.2, -0.15) is 0 Å². The molecular formula is C15H18N2O2. The van der Waals surface area contributed by atoms with Crippen LogP contribution in [0.15, 0.2) is 24.3 Å². The zero-order chi connectivity index (χ0) is 14.0. The summed E-state index contributed by atoms with van der Waals surface area (Å²) in [5.41, 5.74) is 7.43.